The van der Waals surface area contributed by atoms with E-state index in [0.717, 1.165) is 12.3 Å². The molecule has 1 rings (SSSR count). The SMILES string of the molecule is C=C(O)C(=NCC)C1CCCC1. The van der Waals surface area contributed by atoms with Gasteiger partial charge in [0.1, 0.15) is 5.76 Å². The van der Waals surface area contributed by atoms with Gasteiger partial charge in [0.15, 0.2) is 0 Å². The van der Waals surface area contributed by atoms with Crippen LogP contribution >= 0.6 is 0 Å². The van der Waals surface area contributed by atoms with Gasteiger partial charge in [-0.1, -0.05) is 19.4 Å². The molecule has 1 fully saturated rings. The largest absolute Gasteiger partial charge is 0.507 e. The summed E-state index contributed by atoms with van der Waals surface area (Å²) in [6, 6.07) is 0. The van der Waals surface area contributed by atoms with E-state index in [1.807, 2.05) is 6.92 Å². The Labute approximate surface area is 74.0 Å². The number of rotatable bonds is 3. The topological polar surface area (TPSA) is 32.6 Å². The van der Waals surface area contributed by atoms with Crippen molar-refractivity contribution >= 4 is 5.71 Å². The molecule has 0 unspecified atom stereocenters. The molecule has 2 heteroatoms. The molecule has 0 aliphatic heterocycles. The molecule has 0 atom stereocenters. The van der Waals surface area contributed by atoms with E-state index in [1.54, 1.807) is 0 Å². The molecule has 68 valence electrons. The summed E-state index contributed by atoms with van der Waals surface area (Å²) in [5.74, 6) is 0.645. The molecule has 1 N–H and O–H groups in total. The van der Waals surface area contributed by atoms with Gasteiger partial charge in [-0.15, -0.1) is 0 Å². The van der Waals surface area contributed by atoms with Gasteiger partial charge in [-0.2, -0.15) is 0 Å². The number of nitrogens with zero attached hydrogens (tertiary/aromatic N) is 1. The van der Waals surface area contributed by atoms with E-state index in [-0.39, 0.29) is 5.76 Å². The zero-order valence-electron chi connectivity index (χ0n) is 7.71. The van der Waals surface area contributed by atoms with Crippen LogP contribution in [0, 0.1) is 5.92 Å². The highest BCUT2D eigenvalue weighted by molar-refractivity contribution is 5.99. The molecule has 0 heterocycles. The smallest absolute Gasteiger partial charge is 0.129 e. The highest BCUT2D eigenvalue weighted by Gasteiger charge is 2.21. The summed E-state index contributed by atoms with van der Waals surface area (Å²) in [5, 5.41) is 9.28. The number of hydrogen-bond donors (Lipinski definition) is 1. The lowest BCUT2D eigenvalue weighted by Gasteiger charge is -2.11. The molecule has 0 aromatic carbocycles. The minimum Gasteiger partial charge on any atom is -0.507 e. The molecule has 0 aromatic heterocycles. The Kier molecular flexibility index (Phi) is 3.32. The molecule has 2 nitrogen and oxygen atoms in total. The minimum absolute atomic E-state index is 0.170. The molecule has 0 spiro atoms. The van der Waals surface area contributed by atoms with Crippen LogP contribution in [-0.4, -0.2) is 17.4 Å². The lowest BCUT2D eigenvalue weighted by atomic mass is 10.0. The van der Waals surface area contributed by atoms with Gasteiger partial charge in [-0.25, -0.2) is 0 Å². The number of aliphatic hydroxyl groups excluding tert-OH is 1. The molecule has 0 radical (unpaired) electrons. The summed E-state index contributed by atoms with van der Waals surface area (Å²) in [6.45, 7) is 6.27. The van der Waals surface area contributed by atoms with Gasteiger partial charge in [-0.05, 0) is 19.8 Å². The maximum absolute atomic E-state index is 9.28. The summed E-state index contributed by atoms with van der Waals surface area (Å²) >= 11 is 0. The Balaban J connectivity index is 2.64. The molecule has 1 aliphatic rings. The van der Waals surface area contributed by atoms with E-state index < -0.39 is 0 Å². The van der Waals surface area contributed by atoms with Crippen molar-refractivity contribution in [3.63, 3.8) is 0 Å². The first-order chi connectivity index (χ1) is 5.75. The summed E-state index contributed by atoms with van der Waals surface area (Å²) < 4.78 is 0. The first-order valence-corrected chi connectivity index (χ1v) is 4.68. The van der Waals surface area contributed by atoms with Crippen molar-refractivity contribution < 1.29 is 5.11 Å². The third kappa shape index (κ3) is 2.10. The normalized spacial score (nSPS) is 19.9. The van der Waals surface area contributed by atoms with Gasteiger partial charge in [0, 0.05) is 12.5 Å². The first-order valence-electron chi connectivity index (χ1n) is 4.68. The molecule has 1 saturated carbocycles. The van der Waals surface area contributed by atoms with Gasteiger partial charge < -0.3 is 5.11 Å². The fourth-order valence-electron chi connectivity index (χ4n) is 1.83. The molecule has 0 aromatic rings. The second-order valence-corrected chi connectivity index (χ2v) is 3.29. The van der Waals surface area contributed by atoms with Crippen molar-refractivity contribution in [2.75, 3.05) is 6.54 Å². The van der Waals surface area contributed by atoms with Crippen LogP contribution in [0.15, 0.2) is 17.3 Å². The number of aliphatic imine (C=N–C) groups is 1. The highest BCUT2D eigenvalue weighted by atomic mass is 16.3. The predicted octanol–water partition coefficient (Wildman–Crippen LogP) is 2.71. The predicted molar refractivity (Wildman–Crippen MR) is 51.7 cm³/mol. The van der Waals surface area contributed by atoms with Gasteiger partial charge in [0.05, 0.1) is 5.71 Å². The Morgan fingerprint density at radius 2 is 2.08 bits per heavy atom. The number of hydrogen-bond acceptors (Lipinski definition) is 2. The molecule has 0 saturated heterocycles. The highest BCUT2D eigenvalue weighted by Crippen LogP contribution is 2.27. The molecule has 0 amide bonds. The zero-order valence-corrected chi connectivity index (χ0v) is 7.71. The summed E-state index contributed by atoms with van der Waals surface area (Å²) in [4.78, 5) is 4.27. The third-order valence-electron chi connectivity index (χ3n) is 2.37. The fraction of sp³-hybridized carbons (Fsp3) is 0.700. The van der Waals surface area contributed by atoms with Crippen LogP contribution < -0.4 is 0 Å². The minimum atomic E-state index is 0.170. The molecule has 1 aliphatic carbocycles. The Bertz CT molecular complexity index is 190. The van der Waals surface area contributed by atoms with Gasteiger partial charge in [0.25, 0.3) is 0 Å². The lowest BCUT2D eigenvalue weighted by Crippen LogP contribution is -2.13. The van der Waals surface area contributed by atoms with Crippen LogP contribution in [0.4, 0.5) is 0 Å². The van der Waals surface area contributed by atoms with Crippen LogP contribution in [0.2, 0.25) is 0 Å². The van der Waals surface area contributed by atoms with Crippen molar-refractivity contribution in [2.24, 2.45) is 10.9 Å². The van der Waals surface area contributed by atoms with E-state index in [0.29, 0.717) is 5.92 Å². The van der Waals surface area contributed by atoms with Crippen molar-refractivity contribution in [1.82, 2.24) is 0 Å². The van der Waals surface area contributed by atoms with Gasteiger partial charge >= 0.3 is 0 Å². The Morgan fingerprint density at radius 3 is 2.50 bits per heavy atom. The van der Waals surface area contributed by atoms with Crippen LogP contribution in [0.3, 0.4) is 0 Å². The average molecular weight is 167 g/mol. The monoisotopic (exact) mass is 167 g/mol. The Hall–Kier alpha value is -0.790. The molecule has 12 heavy (non-hydrogen) atoms. The van der Waals surface area contributed by atoms with Crippen molar-refractivity contribution in [1.29, 1.82) is 0 Å². The lowest BCUT2D eigenvalue weighted by molar-refractivity contribution is 0.437. The van der Waals surface area contributed by atoms with Crippen LogP contribution in [0.1, 0.15) is 32.6 Å². The molecular weight excluding hydrogens is 150 g/mol. The van der Waals surface area contributed by atoms with E-state index in [2.05, 4.69) is 11.6 Å². The second kappa shape index (κ2) is 4.29. The van der Waals surface area contributed by atoms with E-state index in [9.17, 15) is 5.11 Å². The maximum Gasteiger partial charge on any atom is 0.129 e. The third-order valence-corrected chi connectivity index (χ3v) is 2.37. The number of aliphatic hydroxyl groups is 1. The Morgan fingerprint density at radius 1 is 1.50 bits per heavy atom. The summed E-state index contributed by atoms with van der Waals surface area (Å²) in [7, 11) is 0. The quantitative estimate of drug-likeness (QED) is 0.508. The van der Waals surface area contributed by atoms with Crippen LogP contribution in [0.25, 0.3) is 0 Å². The maximum atomic E-state index is 9.28. The molecule has 0 bridgehead atoms. The molecular formula is C10H17NO. The average Bonchev–Trinajstić information content (AvgIpc) is 2.51. The van der Waals surface area contributed by atoms with Gasteiger partial charge in [-0.3, -0.25) is 4.99 Å². The van der Waals surface area contributed by atoms with E-state index in [4.69, 9.17) is 0 Å². The van der Waals surface area contributed by atoms with Crippen LogP contribution in [-0.2, 0) is 0 Å². The van der Waals surface area contributed by atoms with Crippen LogP contribution in [0.5, 0.6) is 0 Å². The summed E-state index contributed by atoms with van der Waals surface area (Å²) in [6.07, 6.45) is 4.86. The summed E-state index contributed by atoms with van der Waals surface area (Å²) in [5.41, 5.74) is 0.843. The fourth-order valence-corrected chi connectivity index (χ4v) is 1.83. The van der Waals surface area contributed by atoms with Gasteiger partial charge in [0.2, 0.25) is 0 Å². The van der Waals surface area contributed by atoms with E-state index >= 15 is 0 Å². The number of allylic oxidation sites excluding steroid dienone is 1. The zero-order chi connectivity index (χ0) is 8.97. The first kappa shape index (κ1) is 9.30. The van der Waals surface area contributed by atoms with Crippen molar-refractivity contribution in [2.45, 2.75) is 32.6 Å². The second-order valence-electron chi connectivity index (χ2n) is 3.29. The standard InChI is InChI=1S/C10H17NO/c1-3-11-10(8(2)12)9-6-4-5-7-9/h9,12H,2-7H2,1H3. The van der Waals surface area contributed by atoms with E-state index in [1.165, 1.54) is 25.7 Å². The van der Waals surface area contributed by atoms with Crippen molar-refractivity contribution in [3.05, 3.63) is 12.3 Å². The van der Waals surface area contributed by atoms with Crippen molar-refractivity contribution in [3.8, 4) is 0 Å².